The first kappa shape index (κ1) is 23.3. The van der Waals surface area contributed by atoms with Gasteiger partial charge in [-0.1, -0.05) is 52.7 Å². The van der Waals surface area contributed by atoms with Gasteiger partial charge in [-0.05, 0) is 55.3 Å². The van der Waals surface area contributed by atoms with Crippen molar-refractivity contribution in [3.05, 3.63) is 94.6 Å². The molecule has 1 aliphatic heterocycles. The number of halogens is 2. The average molecular weight is 503 g/mol. The highest BCUT2D eigenvalue weighted by Crippen LogP contribution is 2.31. The van der Waals surface area contributed by atoms with E-state index in [2.05, 4.69) is 4.99 Å². The number of benzene rings is 2. The van der Waals surface area contributed by atoms with Crippen molar-refractivity contribution in [2.75, 3.05) is 13.7 Å². The molecule has 4 rings (SSSR count). The number of hydrogen-bond acceptors (Lipinski definition) is 6. The van der Waals surface area contributed by atoms with Gasteiger partial charge in [0, 0.05) is 10.0 Å². The molecule has 0 saturated carbocycles. The Bertz CT molecular complexity index is 1440. The van der Waals surface area contributed by atoms with Crippen LogP contribution in [0.4, 0.5) is 0 Å². The zero-order valence-corrected chi connectivity index (χ0v) is 20.4. The summed E-state index contributed by atoms with van der Waals surface area (Å²) in [5.41, 5.74) is 1.95. The van der Waals surface area contributed by atoms with Gasteiger partial charge in [0.2, 0.25) is 0 Å². The summed E-state index contributed by atoms with van der Waals surface area (Å²) in [5, 5.41) is 0.941. The minimum absolute atomic E-state index is 0.213. The van der Waals surface area contributed by atoms with Gasteiger partial charge in [-0.25, -0.2) is 9.79 Å². The lowest BCUT2D eigenvalue weighted by Gasteiger charge is -2.24. The molecule has 0 spiro atoms. The predicted octanol–water partition coefficient (Wildman–Crippen LogP) is 4.11. The average Bonchev–Trinajstić information content (AvgIpc) is 3.09. The number of aromatic nitrogens is 1. The number of esters is 1. The Labute approximate surface area is 204 Å². The maximum atomic E-state index is 13.5. The van der Waals surface area contributed by atoms with E-state index < -0.39 is 12.0 Å². The Morgan fingerprint density at radius 1 is 1.21 bits per heavy atom. The molecule has 3 aromatic rings. The Morgan fingerprint density at radius 2 is 1.94 bits per heavy atom. The van der Waals surface area contributed by atoms with Gasteiger partial charge in [-0.2, -0.15) is 0 Å². The molecule has 1 aliphatic rings. The highest BCUT2D eigenvalue weighted by atomic mass is 35.5. The maximum absolute atomic E-state index is 13.5. The summed E-state index contributed by atoms with van der Waals surface area (Å²) in [6.45, 7) is 3.70. The van der Waals surface area contributed by atoms with Crippen LogP contribution in [0.5, 0.6) is 5.75 Å². The Hall–Kier alpha value is -2.87. The van der Waals surface area contributed by atoms with Crippen LogP contribution in [-0.2, 0) is 9.53 Å². The zero-order valence-electron chi connectivity index (χ0n) is 18.1. The third kappa shape index (κ3) is 4.49. The largest absolute Gasteiger partial charge is 0.497 e. The van der Waals surface area contributed by atoms with E-state index in [4.69, 9.17) is 32.7 Å². The minimum atomic E-state index is -0.686. The number of allylic oxidation sites excluding steroid dienone is 1. The van der Waals surface area contributed by atoms with Gasteiger partial charge in [0.15, 0.2) is 4.80 Å². The number of carbonyl (C=O) groups is 1. The number of thiazole rings is 1. The normalized spacial score (nSPS) is 15.8. The van der Waals surface area contributed by atoms with Gasteiger partial charge >= 0.3 is 5.97 Å². The van der Waals surface area contributed by atoms with Gasteiger partial charge in [0.1, 0.15) is 5.75 Å². The molecule has 0 bridgehead atoms. The van der Waals surface area contributed by atoms with Crippen LogP contribution in [0.15, 0.2) is 63.5 Å². The number of methoxy groups -OCH3 is 1. The standard InChI is InChI=1S/C24H20Cl2N2O4S/c1-4-32-23(30)20-13(2)27-24-28(21(20)14-6-9-17(31-3)10-7-14)22(29)19(33-24)11-15-5-8-16(25)12-18(15)26/h5-12,21H,4H2,1-3H3/t21-/m1/s1. The summed E-state index contributed by atoms with van der Waals surface area (Å²) in [5.74, 6) is 0.163. The van der Waals surface area contributed by atoms with Crippen molar-refractivity contribution in [2.24, 2.45) is 4.99 Å². The second kappa shape index (κ2) is 9.55. The highest BCUT2D eigenvalue weighted by molar-refractivity contribution is 7.07. The van der Waals surface area contributed by atoms with Crippen LogP contribution >= 0.6 is 34.5 Å². The van der Waals surface area contributed by atoms with Crippen molar-refractivity contribution in [2.45, 2.75) is 19.9 Å². The quantitative estimate of drug-likeness (QED) is 0.492. The number of carbonyl (C=O) groups excluding carboxylic acids is 1. The van der Waals surface area contributed by atoms with Crippen molar-refractivity contribution < 1.29 is 14.3 Å². The number of ether oxygens (including phenoxy) is 2. The molecule has 1 atom stereocenters. The summed E-state index contributed by atoms with van der Waals surface area (Å²) in [4.78, 5) is 31.5. The Balaban J connectivity index is 1.95. The van der Waals surface area contributed by atoms with Crippen LogP contribution < -0.4 is 19.6 Å². The van der Waals surface area contributed by atoms with Gasteiger partial charge in [-0.3, -0.25) is 9.36 Å². The number of fused-ring (bicyclic) bond motifs is 1. The van der Waals surface area contributed by atoms with E-state index in [1.807, 2.05) is 12.1 Å². The first-order valence-electron chi connectivity index (χ1n) is 10.1. The molecule has 2 heterocycles. The van der Waals surface area contributed by atoms with Crippen LogP contribution in [0.1, 0.15) is 31.0 Å². The molecule has 170 valence electrons. The number of hydrogen-bond donors (Lipinski definition) is 0. The molecule has 0 unspecified atom stereocenters. The zero-order chi connectivity index (χ0) is 23.7. The van der Waals surface area contributed by atoms with Crippen LogP contribution in [0, 0.1) is 0 Å². The lowest BCUT2D eigenvalue weighted by Crippen LogP contribution is -2.39. The monoisotopic (exact) mass is 502 g/mol. The van der Waals surface area contributed by atoms with Gasteiger partial charge in [-0.15, -0.1) is 0 Å². The summed E-state index contributed by atoms with van der Waals surface area (Å²) >= 11 is 13.5. The van der Waals surface area contributed by atoms with Crippen LogP contribution in [0.2, 0.25) is 10.0 Å². The molecule has 6 nitrogen and oxygen atoms in total. The predicted molar refractivity (Wildman–Crippen MR) is 130 cm³/mol. The molecule has 33 heavy (non-hydrogen) atoms. The molecular formula is C24H20Cl2N2O4S. The first-order valence-corrected chi connectivity index (χ1v) is 11.7. The van der Waals surface area contributed by atoms with Crippen molar-refractivity contribution in [1.82, 2.24) is 4.57 Å². The van der Waals surface area contributed by atoms with E-state index in [9.17, 15) is 9.59 Å². The molecule has 1 aromatic heterocycles. The molecule has 0 fully saturated rings. The van der Waals surface area contributed by atoms with E-state index in [-0.39, 0.29) is 12.2 Å². The van der Waals surface area contributed by atoms with Crippen LogP contribution in [0.3, 0.4) is 0 Å². The number of rotatable bonds is 5. The maximum Gasteiger partial charge on any atom is 0.338 e. The minimum Gasteiger partial charge on any atom is -0.497 e. The van der Waals surface area contributed by atoms with Crippen molar-refractivity contribution in [3.63, 3.8) is 0 Å². The third-order valence-electron chi connectivity index (χ3n) is 5.20. The summed E-state index contributed by atoms with van der Waals surface area (Å²) in [6, 6.07) is 11.6. The number of nitrogens with zero attached hydrogens (tertiary/aromatic N) is 2. The fourth-order valence-corrected chi connectivity index (χ4v) is 5.15. The molecule has 0 radical (unpaired) electrons. The van der Waals surface area contributed by atoms with Gasteiger partial charge in [0.05, 0.1) is 35.6 Å². The Morgan fingerprint density at radius 3 is 2.58 bits per heavy atom. The molecule has 9 heteroatoms. The van der Waals surface area contributed by atoms with Crippen LogP contribution in [0.25, 0.3) is 6.08 Å². The fraction of sp³-hybridized carbons (Fsp3) is 0.208. The molecule has 0 N–H and O–H groups in total. The molecular weight excluding hydrogens is 483 g/mol. The second-order valence-corrected chi connectivity index (χ2v) is 9.09. The summed E-state index contributed by atoms with van der Waals surface area (Å²) < 4.78 is 12.5. The van der Waals surface area contributed by atoms with Crippen molar-refractivity contribution in [3.8, 4) is 5.75 Å². The topological polar surface area (TPSA) is 69.9 Å². The summed E-state index contributed by atoms with van der Waals surface area (Å²) in [6.07, 6.45) is 1.71. The van der Waals surface area contributed by atoms with Gasteiger partial charge < -0.3 is 9.47 Å². The van der Waals surface area contributed by atoms with Crippen molar-refractivity contribution >= 4 is 46.6 Å². The lowest BCUT2D eigenvalue weighted by molar-refractivity contribution is -0.139. The Kier molecular flexibility index (Phi) is 6.74. The molecule has 2 aromatic carbocycles. The van der Waals surface area contributed by atoms with E-state index >= 15 is 0 Å². The molecule has 0 aliphatic carbocycles. The first-order chi connectivity index (χ1) is 15.8. The van der Waals surface area contributed by atoms with E-state index in [0.717, 1.165) is 5.56 Å². The van der Waals surface area contributed by atoms with E-state index in [1.54, 1.807) is 57.4 Å². The second-order valence-electron chi connectivity index (χ2n) is 7.24. The highest BCUT2D eigenvalue weighted by Gasteiger charge is 2.33. The van der Waals surface area contributed by atoms with Crippen molar-refractivity contribution in [1.29, 1.82) is 0 Å². The van der Waals surface area contributed by atoms with Gasteiger partial charge in [0.25, 0.3) is 5.56 Å². The van der Waals surface area contributed by atoms with E-state index in [1.165, 1.54) is 15.9 Å². The smallest absolute Gasteiger partial charge is 0.338 e. The third-order valence-corrected chi connectivity index (χ3v) is 6.74. The van der Waals surface area contributed by atoms with E-state index in [0.29, 0.717) is 42.0 Å². The SMILES string of the molecule is CCOC(=O)C1=C(C)N=c2sc(=Cc3ccc(Cl)cc3Cl)c(=O)n2[C@@H]1c1ccc(OC)cc1. The molecule has 0 amide bonds. The van der Waals surface area contributed by atoms with Crippen LogP contribution in [-0.4, -0.2) is 24.3 Å². The fourth-order valence-electron chi connectivity index (χ4n) is 3.65. The summed E-state index contributed by atoms with van der Waals surface area (Å²) in [7, 11) is 1.58. The molecule has 0 saturated heterocycles. The lowest BCUT2D eigenvalue weighted by atomic mass is 9.96.